The van der Waals surface area contributed by atoms with E-state index < -0.39 is 0 Å². The second kappa shape index (κ2) is 7.97. The summed E-state index contributed by atoms with van der Waals surface area (Å²) >= 11 is 0. The topological polar surface area (TPSA) is 32.8 Å². The van der Waals surface area contributed by atoms with Crippen LogP contribution in [0.3, 0.4) is 0 Å². The zero-order valence-electron chi connectivity index (χ0n) is 16.8. The largest absolute Gasteiger partial charge is 0.405 e. The molecule has 1 amide bonds. The average Bonchev–Trinajstić information content (AvgIpc) is 3.02. The highest BCUT2D eigenvalue weighted by Crippen LogP contribution is 2.45. The van der Waals surface area contributed by atoms with Crippen LogP contribution in [-0.2, 0) is 16.2 Å². The number of likely N-dealkylation sites (N-methyl/N-ethyl adjacent to an activating group) is 1. The van der Waals surface area contributed by atoms with Gasteiger partial charge >= 0.3 is 0 Å². The first-order valence-electron chi connectivity index (χ1n) is 9.72. The lowest BCUT2D eigenvalue weighted by atomic mass is 9.88. The lowest BCUT2D eigenvalue weighted by Gasteiger charge is -2.28. The number of para-hydroxylation sites is 1. The molecule has 0 spiro atoms. The molecule has 2 heterocycles. The van der Waals surface area contributed by atoms with Crippen molar-refractivity contribution in [3.05, 3.63) is 65.2 Å². The number of hydroxylamine groups is 2. The van der Waals surface area contributed by atoms with E-state index in [1.807, 2.05) is 61.2 Å². The summed E-state index contributed by atoms with van der Waals surface area (Å²) in [5, 5.41) is 1.93. The smallest absolute Gasteiger partial charge is 0.224 e. The number of carbonyl (C=O) groups excluding carboxylic acids is 1. The Hall–Kier alpha value is -2.59. The van der Waals surface area contributed by atoms with Crippen molar-refractivity contribution in [1.29, 1.82) is 0 Å². The number of amides is 1. The Morgan fingerprint density at radius 3 is 2.37 bits per heavy atom. The van der Waals surface area contributed by atoms with Crippen molar-refractivity contribution in [3.63, 3.8) is 0 Å². The third-order valence-electron chi connectivity index (χ3n) is 5.09. The SMILES string of the molecule is CC.CCC1C2=C(ON1C)c1ccccc1N(C(C)=O)Cc1ccccc12. The van der Waals surface area contributed by atoms with Gasteiger partial charge in [-0.3, -0.25) is 4.79 Å². The molecule has 2 aliphatic heterocycles. The summed E-state index contributed by atoms with van der Waals surface area (Å²) in [5.74, 6) is 0.896. The highest BCUT2D eigenvalue weighted by molar-refractivity contribution is 6.01. The summed E-state index contributed by atoms with van der Waals surface area (Å²) in [5.41, 5.74) is 5.43. The van der Waals surface area contributed by atoms with Gasteiger partial charge in [0, 0.05) is 25.1 Å². The van der Waals surface area contributed by atoms with Crippen LogP contribution in [0.2, 0.25) is 0 Å². The van der Waals surface area contributed by atoms with Gasteiger partial charge < -0.3 is 9.74 Å². The Morgan fingerprint density at radius 1 is 1.07 bits per heavy atom. The zero-order chi connectivity index (χ0) is 19.6. The van der Waals surface area contributed by atoms with E-state index in [0.717, 1.165) is 29.0 Å². The van der Waals surface area contributed by atoms with Crippen molar-refractivity contribution in [2.45, 2.75) is 46.7 Å². The number of nitrogens with zero attached hydrogens (tertiary/aromatic N) is 2. The van der Waals surface area contributed by atoms with Crippen LogP contribution in [0.25, 0.3) is 11.3 Å². The van der Waals surface area contributed by atoms with E-state index in [1.54, 1.807) is 6.92 Å². The van der Waals surface area contributed by atoms with Crippen molar-refractivity contribution in [1.82, 2.24) is 5.06 Å². The highest BCUT2D eigenvalue weighted by Gasteiger charge is 2.37. The van der Waals surface area contributed by atoms with Crippen LogP contribution in [0.15, 0.2) is 48.5 Å². The van der Waals surface area contributed by atoms with Gasteiger partial charge in [0.15, 0.2) is 5.76 Å². The maximum atomic E-state index is 12.4. The molecule has 2 aromatic carbocycles. The van der Waals surface area contributed by atoms with Gasteiger partial charge in [-0.2, -0.15) is 0 Å². The minimum absolute atomic E-state index is 0.0321. The Labute approximate surface area is 162 Å². The molecule has 0 bridgehead atoms. The first kappa shape index (κ1) is 19.2. The monoisotopic (exact) mass is 364 g/mol. The van der Waals surface area contributed by atoms with Crippen LogP contribution in [0, 0.1) is 0 Å². The van der Waals surface area contributed by atoms with Crippen LogP contribution in [0.4, 0.5) is 5.69 Å². The molecule has 2 aliphatic rings. The molecule has 0 aliphatic carbocycles. The van der Waals surface area contributed by atoms with Crippen LogP contribution in [-0.4, -0.2) is 24.1 Å². The molecule has 0 aromatic heterocycles. The molecular formula is C23H28N2O2. The zero-order valence-corrected chi connectivity index (χ0v) is 16.8. The van der Waals surface area contributed by atoms with Gasteiger partial charge in [-0.15, -0.1) is 5.06 Å². The van der Waals surface area contributed by atoms with Gasteiger partial charge in [-0.1, -0.05) is 57.2 Å². The molecule has 0 N–H and O–H groups in total. The van der Waals surface area contributed by atoms with Gasteiger partial charge in [-0.05, 0) is 29.7 Å². The van der Waals surface area contributed by atoms with Crippen LogP contribution in [0.5, 0.6) is 0 Å². The van der Waals surface area contributed by atoms with Crippen molar-refractivity contribution in [2.75, 3.05) is 11.9 Å². The fourth-order valence-electron chi connectivity index (χ4n) is 3.91. The number of hydrogen-bond donors (Lipinski definition) is 0. The summed E-state index contributed by atoms with van der Waals surface area (Å²) < 4.78 is 0. The predicted octanol–water partition coefficient (Wildman–Crippen LogP) is 5.10. The number of anilines is 1. The van der Waals surface area contributed by atoms with E-state index in [-0.39, 0.29) is 11.9 Å². The van der Waals surface area contributed by atoms with E-state index >= 15 is 0 Å². The standard InChI is InChI=1S/C21H22N2O2.C2H6/c1-4-18-20-16-10-6-5-9-15(16)13-23(14(2)24)19-12-8-7-11-17(19)21(20)25-22(18)3;1-2/h5-12,18H,4,13H2,1-3H3;1-2H3. The second-order valence-corrected chi connectivity index (χ2v) is 6.58. The Morgan fingerprint density at radius 2 is 1.70 bits per heavy atom. The maximum Gasteiger partial charge on any atom is 0.224 e. The molecule has 4 rings (SSSR count). The van der Waals surface area contributed by atoms with E-state index in [0.29, 0.717) is 6.54 Å². The van der Waals surface area contributed by atoms with E-state index in [1.165, 1.54) is 11.1 Å². The van der Waals surface area contributed by atoms with Crippen molar-refractivity contribution in [3.8, 4) is 0 Å². The number of fused-ring (bicyclic) bond motifs is 4. The Balaban J connectivity index is 0.00000102. The number of benzene rings is 2. The second-order valence-electron chi connectivity index (χ2n) is 6.58. The molecule has 4 nitrogen and oxygen atoms in total. The summed E-state index contributed by atoms with van der Waals surface area (Å²) in [6.07, 6.45) is 0.961. The quantitative estimate of drug-likeness (QED) is 0.705. The summed E-state index contributed by atoms with van der Waals surface area (Å²) in [6, 6.07) is 16.5. The lowest BCUT2D eigenvalue weighted by molar-refractivity contribution is -0.116. The summed E-state index contributed by atoms with van der Waals surface area (Å²) in [6.45, 7) is 8.36. The molecule has 1 atom stereocenters. The minimum atomic E-state index is 0.0321. The first-order chi connectivity index (χ1) is 13.1. The third kappa shape index (κ3) is 3.26. The molecule has 27 heavy (non-hydrogen) atoms. The molecule has 142 valence electrons. The normalized spacial score (nSPS) is 18.3. The van der Waals surface area contributed by atoms with Gasteiger partial charge in [0.1, 0.15) is 0 Å². The minimum Gasteiger partial charge on any atom is -0.405 e. The third-order valence-corrected chi connectivity index (χ3v) is 5.09. The Bertz CT molecular complexity index is 872. The average molecular weight is 364 g/mol. The molecule has 0 fully saturated rings. The van der Waals surface area contributed by atoms with Crippen LogP contribution >= 0.6 is 0 Å². The number of hydrogen-bond acceptors (Lipinski definition) is 3. The van der Waals surface area contributed by atoms with Gasteiger partial charge in [0.25, 0.3) is 0 Å². The van der Waals surface area contributed by atoms with Gasteiger partial charge in [0.2, 0.25) is 5.91 Å². The van der Waals surface area contributed by atoms with Crippen LogP contribution < -0.4 is 4.90 Å². The molecule has 1 unspecified atom stereocenters. The number of rotatable bonds is 1. The molecule has 0 saturated heterocycles. The van der Waals surface area contributed by atoms with E-state index in [4.69, 9.17) is 4.84 Å². The first-order valence-corrected chi connectivity index (χ1v) is 9.72. The Kier molecular flexibility index (Phi) is 5.66. The van der Waals surface area contributed by atoms with Gasteiger partial charge in [0.05, 0.1) is 18.3 Å². The van der Waals surface area contributed by atoms with Crippen molar-refractivity contribution >= 4 is 22.9 Å². The number of carbonyl (C=O) groups is 1. The fraction of sp³-hybridized carbons (Fsp3) is 0.348. The summed E-state index contributed by atoms with van der Waals surface area (Å²) in [7, 11) is 1.98. The molecule has 0 saturated carbocycles. The van der Waals surface area contributed by atoms with Crippen molar-refractivity contribution < 1.29 is 9.63 Å². The van der Waals surface area contributed by atoms with Crippen molar-refractivity contribution in [2.24, 2.45) is 0 Å². The molecule has 4 heteroatoms. The lowest BCUT2D eigenvalue weighted by Crippen LogP contribution is -2.30. The van der Waals surface area contributed by atoms with E-state index in [9.17, 15) is 4.79 Å². The molecular weight excluding hydrogens is 336 g/mol. The van der Waals surface area contributed by atoms with Gasteiger partial charge in [-0.25, -0.2) is 0 Å². The fourth-order valence-corrected chi connectivity index (χ4v) is 3.91. The predicted molar refractivity (Wildman–Crippen MR) is 111 cm³/mol. The summed E-state index contributed by atoms with van der Waals surface area (Å²) in [4.78, 5) is 20.4. The molecule has 0 radical (unpaired) electrons. The highest BCUT2D eigenvalue weighted by atomic mass is 16.7. The van der Waals surface area contributed by atoms with Crippen LogP contribution in [0.1, 0.15) is 50.8 Å². The molecule has 2 aromatic rings. The maximum absolute atomic E-state index is 12.4. The van der Waals surface area contributed by atoms with E-state index in [2.05, 4.69) is 25.1 Å².